The maximum Gasteiger partial charge on any atom is 0.451 e. The van der Waals surface area contributed by atoms with E-state index in [1.165, 1.54) is 0 Å². The molecule has 0 spiro atoms. The van der Waals surface area contributed by atoms with Crippen LogP contribution in [0.15, 0.2) is 30.3 Å². The van der Waals surface area contributed by atoms with Gasteiger partial charge < -0.3 is 25.8 Å². The van der Waals surface area contributed by atoms with Gasteiger partial charge in [0.2, 0.25) is 0 Å². The number of hydrogen-bond donors (Lipinski definition) is 4. The van der Waals surface area contributed by atoms with E-state index >= 15 is 0 Å². The van der Waals surface area contributed by atoms with Gasteiger partial charge in [-0.3, -0.25) is 4.79 Å². The molecule has 0 saturated heterocycles. The van der Waals surface area contributed by atoms with E-state index in [4.69, 9.17) is 15.8 Å². The monoisotopic (exact) mass is 334 g/mol. The second kappa shape index (κ2) is 8.01. The summed E-state index contributed by atoms with van der Waals surface area (Å²) in [6.07, 6.45) is 2.82. The maximum atomic E-state index is 11.8. The number of anilines is 1. The van der Waals surface area contributed by atoms with Gasteiger partial charge in [-0.05, 0) is 43.6 Å². The lowest BCUT2D eigenvalue weighted by atomic mass is 9.66. The zero-order valence-corrected chi connectivity index (χ0v) is 14.1. The van der Waals surface area contributed by atoms with Gasteiger partial charge in [0.05, 0.1) is 0 Å². The molecule has 6 nitrogen and oxygen atoms in total. The van der Waals surface area contributed by atoms with Gasteiger partial charge in [0.1, 0.15) is 5.54 Å². The van der Waals surface area contributed by atoms with Crippen molar-refractivity contribution in [2.24, 2.45) is 17.6 Å². The van der Waals surface area contributed by atoms with Crippen molar-refractivity contribution in [1.82, 2.24) is 0 Å². The van der Waals surface area contributed by atoms with E-state index in [9.17, 15) is 9.90 Å². The van der Waals surface area contributed by atoms with Crippen molar-refractivity contribution in [1.29, 1.82) is 0 Å². The topological polar surface area (TPSA) is 107 Å². The molecule has 1 saturated carbocycles. The average Bonchev–Trinajstić information content (AvgIpc) is 2.55. The van der Waals surface area contributed by atoms with E-state index in [-0.39, 0.29) is 18.2 Å². The number of carbonyl (C=O) groups is 1. The van der Waals surface area contributed by atoms with Gasteiger partial charge in [-0.2, -0.15) is 0 Å². The summed E-state index contributed by atoms with van der Waals surface area (Å²) in [4.78, 5) is 13.9. The highest BCUT2D eigenvalue weighted by molar-refractivity contribution is 6.40. The second-order valence-corrected chi connectivity index (χ2v) is 6.96. The Balaban J connectivity index is 2.05. The SMILES string of the molecule is CN(C[C@H]1CC[C@H](CCB(O)O)C[C@@]1(N)C(=O)O)c1ccccc1. The molecule has 1 fully saturated rings. The third-order valence-electron chi connectivity index (χ3n) is 5.20. The van der Waals surface area contributed by atoms with Crippen LogP contribution in [0.1, 0.15) is 25.7 Å². The normalized spacial score (nSPS) is 26.8. The average molecular weight is 334 g/mol. The van der Waals surface area contributed by atoms with E-state index in [1.807, 2.05) is 42.3 Å². The van der Waals surface area contributed by atoms with E-state index < -0.39 is 18.6 Å². The molecule has 132 valence electrons. The molecule has 3 atom stereocenters. The van der Waals surface area contributed by atoms with Crippen molar-refractivity contribution in [2.75, 3.05) is 18.5 Å². The molecule has 0 aliphatic heterocycles. The first kappa shape index (κ1) is 18.8. The smallest absolute Gasteiger partial charge is 0.451 e. The molecule has 2 rings (SSSR count). The van der Waals surface area contributed by atoms with Crippen molar-refractivity contribution in [3.8, 4) is 0 Å². The van der Waals surface area contributed by atoms with Crippen LogP contribution in [0.5, 0.6) is 0 Å². The van der Waals surface area contributed by atoms with Crippen LogP contribution >= 0.6 is 0 Å². The van der Waals surface area contributed by atoms with E-state index in [1.54, 1.807) is 0 Å². The number of carboxylic acid groups (broad SMARTS) is 1. The summed E-state index contributed by atoms with van der Waals surface area (Å²) in [5.74, 6) is -0.995. The second-order valence-electron chi connectivity index (χ2n) is 6.96. The minimum atomic E-state index is -1.34. The molecule has 0 bridgehead atoms. The minimum Gasteiger partial charge on any atom is -0.480 e. The highest BCUT2D eigenvalue weighted by Gasteiger charge is 2.47. The standard InChI is InChI=1S/C17H27BN2O4/c1-20(15-5-3-2-4-6-15)12-14-8-7-13(9-10-18(23)24)11-17(14,19)16(21)22/h2-6,13-14,23-24H,7-12,19H2,1H3,(H,21,22)/t13-,14-,17+/m1/s1. The lowest BCUT2D eigenvalue weighted by molar-refractivity contribution is -0.147. The number of nitrogens with two attached hydrogens (primary N) is 1. The molecular weight excluding hydrogens is 307 g/mol. The summed E-state index contributed by atoms with van der Waals surface area (Å²) in [7, 11) is 0.607. The Labute approximate surface area is 143 Å². The van der Waals surface area contributed by atoms with Gasteiger partial charge in [0.25, 0.3) is 0 Å². The van der Waals surface area contributed by atoms with Crippen LogP contribution < -0.4 is 10.6 Å². The predicted octanol–water partition coefficient (Wildman–Crippen LogP) is 1.18. The fraction of sp³-hybridized carbons (Fsp3) is 0.588. The van der Waals surface area contributed by atoms with Gasteiger partial charge in [0.15, 0.2) is 0 Å². The Bertz CT molecular complexity index is 543. The third-order valence-corrected chi connectivity index (χ3v) is 5.20. The van der Waals surface area contributed by atoms with Gasteiger partial charge in [-0.1, -0.05) is 24.6 Å². The number of para-hydroxylation sites is 1. The van der Waals surface area contributed by atoms with Crippen molar-refractivity contribution in [3.63, 3.8) is 0 Å². The Morgan fingerprint density at radius 2 is 2.00 bits per heavy atom. The third kappa shape index (κ3) is 4.50. The van der Waals surface area contributed by atoms with E-state index in [0.29, 0.717) is 19.4 Å². The van der Waals surface area contributed by atoms with Gasteiger partial charge >= 0.3 is 13.1 Å². The summed E-state index contributed by atoms with van der Waals surface area (Å²) in [6, 6.07) is 9.84. The zero-order valence-electron chi connectivity index (χ0n) is 14.1. The number of aliphatic carboxylic acids is 1. The first-order valence-corrected chi connectivity index (χ1v) is 8.47. The Morgan fingerprint density at radius 3 is 2.58 bits per heavy atom. The Kier molecular flexibility index (Phi) is 6.26. The fourth-order valence-electron chi connectivity index (χ4n) is 3.71. The van der Waals surface area contributed by atoms with Crippen LogP contribution in [-0.2, 0) is 4.79 Å². The largest absolute Gasteiger partial charge is 0.480 e. The summed E-state index contributed by atoms with van der Waals surface area (Å²) >= 11 is 0. The van der Waals surface area contributed by atoms with Crippen LogP contribution in [0.2, 0.25) is 6.32 Å². The number of benzene rings is 1. The summed E-state index contributed by atoms with van der Waals surface area (Å²) in [6.45, 7) is 0.585. The summed E-state index contributed by atoms with van der Waals surface area (Å²) in [5.41, 5.74) is 6.08. The lowest BCUT2D eigenvalue weighted by Gasteiger charge is -2.43. The zero-order chi connectivity index (χ0) is 17.7. The Hall–Kier alpha value is -1.57. The lowest BCUT2D eigenvalue weighted by Crippen LogP contribution is -2.59. The van der Waals surface area contributed by atoms with Crippen LogP contribution in [-0.4, -0.2) is 47.4 Å². The molecule has 0 unspecified atom stereocenters. The summed E-state index contributed by atoms with van der Waals surface area (Å²) in [5, 5.41) is 27.7. The van der Waals surface area contributed by atoms with Crippen molar-refractivity contribution >= 4 is 18.8 Å². The molecule has 0 heterocycles. The van der Waals surface area contributed by atoms with Crippen LogP contribution in [0, 0.1) is 11.8 Å². The fourth-order valence-corrected chi connectivity index (χ4v) is 3.71. The van der Waals surface area contributed by atoms with Gasteiger partial charge in [-0.15, -0.1) is 0 Å². The number of rotatable bonds is 7. The first-order valence-electron chi connectivity index (χ1n) is 8.47. The molecule has 1 aromatic rings. The maximum absolute atomic E-state index is 11.8. The number of nitrogens with zero attached hydrogens (tertiary/aromatic N) is 1. The molecule has 1 aliphatic carbocycles. The van der Waals surface area contributed by atoms with Crippen molar-refractivity contribution in [3.05, 3.63) is 30.3 Å². The van der Waals surface area contributed by atoms with Crippen LogP contribution in [0.25, 0.3) is 0 Å². The highest BCUT2D eigenvalue weighted by Crippen LogP contribution is 2.39. The molecule has 0 radical (unpaired) electrons. The van der Waals surface area contributed by atoms with Gasteiger partial charge in [-0.25, -0.2) is 0 Å². The molecule has 7 heteroatoms. The van der Waals surface area contributed by atoms with Crippen molar-refractivity contribution < 1.29 is 19.9 Å². The molecule has 24 heavy (non-hydrogen) atoms. The number of carboxylic acids is 1. The van der Waals surface area contributed by atoms with Crippen LogP contribution in [0.4, 0.5) is 5.69 Å². The van der Waals surface area contributed by atoms with Gasteiger partial charge in [0, 0.05) is 25.2 Å². The Morgan fingerprint density at radius 1 is 1.33 bits per heavy atom. The number of hydrogen-bond acceptors (Lipinski definition) is 5. The predicted molar refractivity (Wildman–Crippen MR) is 94.7 cm³/mol. The molecule has 5 N–H and O–H groups in total. The van der Waals surface area contributed by atoms with E-state index in [2.05, 4.69) is 0 Å². The minimum absolute atomic E-state index is 0.117. The van der Waals surface area contributed by atoms with Crippen LogP contribution in [0.3, 0.4) is 0 Å². The molecule has 0 amide bonds. The van der Waals surface area contributed by atoms with E-state index in [0.717, 1.165) is 18.5 Å². The highest BCUT2D eigenvalue weighted by atomic mass is 16.4. The summed E-state index contributed by atoms with van der Waals surface area (Å²) < 4.78 is 0. The molecule has 1 aromatic carbocycles. The first-order chi connectivity index (χ1) is 11.3. The quantitative estimate of drug-likeness (QED) is 0.558. The molecule has 0 aromatic heterocycles. The van der Waals surface area contributed by atoms with Crippen molar-refractivity contribution in [2.45, 2.75) is 37.5 Å². The molecule has 1 aliphatic rings. The molecular formula is C17H27BN2O4.